The fraction of sp³-hybridized carbons (Fsp3) is 0.364. The van der Waals surface area contributed by atoms with Crippen molar-refractivity contribution in [2.24, 2.45) is 11.5 Å². The predicted octanol–water partition coefficient (Wildman–Crippen LogP) is 0.0788. The molecule has 0 aliphatic carbocycles. The van der Waals surface area contributed by atoms with Gasteiger partial charge in [-0.25, -0.2) is 0 Å². The van der Waals surface area contributed by atoms with Crippen molar-refractivity contribution in [3.8, 4) is 11.5 Å². The van der Waals surface area contributed by atoms with Gasteiger partial charge in [-0.3, -0.25) is 4.79 Å². The van der Waals surface area contributed by atoms with E-state index in [1.165, 1.54) is 0 Å². The van der Waals surface area contributed by atoms with Gasteiger partial charge in [0.25, 0.3) is 0 Å². The van der Waals surface area contributed by atoms with E-state index in [9.17, 15) is 4.79 Å². The highest BCUT2D eigenvalue weighted by Crippen LogP contribution is 2.34. The minimum atomic E-state index is -0.668. The molecule has 1 heterocycles. The molecule has 1 aliphatic rings. The fourth-order valence-corrected chi connectivity index (χ4v) is 1.64. The Bertz CT molecular complexity index is 431. The van der Waals surface area contributed by atoms with E-state index in [4.69, 9.17) is 20.9 Å². The molecule has 0 saturated heterocycles. The molecule has 5 heteroatoms. The molecule has 0 fully saturated rings. The molecular formula is C11H14N2O3. The molecule has 16 heavy (non-hydrogen) atoms. The molecule has 1 aromatic carbocycles. The van der Waals surface area contributed by atoms with Crippen LogP contribution in [0, 0.1) is 6.92 Å². The maximum absolute atomic E-state index is 10.9. The van der Waals surface area contributed by atoms with Gasteiger partial charge in [-0.2, -0.15) is 0 Å². The standard InChI is InChI=1S/C11H14N2O3/c1-6-2-9-10(16-5-15-9)4-7(6)3-8(12)11(13)14/h2,4,8H,3,5,12H2,1H3,(H2,13,14). The molecule has 86 valence electrons. The summed E-state index contributed by atoms with van der Waals surface area (Å²) in [4.78, 5) is 10.9. The lowest BCUT2D eigenvalue weighted by Gasteiger charge is -2.10. The average molecular weight is 222 g/mol. The number of amides is 1. The number of ether oxygens (including phenoxy) is 2. The topological polar surface area (TPSA) is 87.6 Å². The van der Waals surface area contributed by atoms with Crippen LogP contribution in [0.3, 0.4) is 0 Å². The van der Waals surface area contributed by atoms with Gasteiger partial charge in [-0.15, -0.1) is 0 Å². The number of nitrogens with two attached hydrogens (primary N) is 2. The van der Waals surface area contributed by atoms with Gasteiger partial charge in [0.1, 0.15) is 0 Å². The molecule has 0 bridgehead atoms. The van der Waals surface area contributed by atoms with E-state index >= 15 is 0 Å². The van der Waals surface area contributed by atoms with Gasteiger partial charge in [0.15, 0.2) is 11.5 Å². The van der Waals surface area contributed by atoms with Crippen LogP contribution in [0.2, 0.25) is 0 Å². The number of rotatable bonds is 3. The third-order valence-corrected chi connectivity index (χ3v) is 2.64. The summed E-state index contributed by atoms with van der Waals surface area (Å²) in [6.07, 6.45) is 0.414. The van der Waals surface area contributed by atoms with E-state index in [0.29, 0.717) is 12.2 Å². The number of carbonyl (C=O) groups excluding carboxylic acids is 1. The SMILES string of the molecule is Cc1cc2c(cc1CC(N)C(N)=O)OCO2. The molecule has 0 radical (unpaired) electrons. The summed E-state index contributed by atoms with van der Waals surface area (Å²) in [6.45, 7) is 2.17. The number of fused-ring (bicyclic) bond motifs is 1. The Labute approximate surface area is 93.3 Å². The highest BCUT2D eigenvalue weighted by molar-refractivity contribution is 5.80. The molecular weight excluding hydrogens is 208 g/mol. The van der Waals surface area contributed by atoms with E-state index < -0.39 is 11.9 Å². The number of carbonyl (C=O) groups is 1. The second-order valence-electron chi connectivity index (χ2n) is 3.84. The molecule has 2 rings (SSSR count). The second kappa shape index (κ2) is 4.02. The van der Waals surface area contributed by atoms with Crippen molar-refractivity contribution in [1.29, 1.82) is 0 Å². The van der Waals surface area contributed by atoms with Crippen molar-refractivity contribution in [2.45, 2.75) is 19.4 Å². The van der Waals surface area contributed by atoms with Gasteiger partial charge in [0.05, 0.1) is 6.04 Å². The monoisotopic (exact) mass is 222 g/mol. The van der Waals surface area contributed by atoms with Crippen LogP contribution in [0.25, 0.3) is 0 Å². The molecule has 0 spiro atoms. The van der Waals surface area contributed by atoms with Crippen LogP contribution >= 0.6 is 0 Å². The Hall–Kier alpha value is -1.75. The maximum Gasteiger partial charge on any atom is 0.234 e. The minimum absolute atomic E-state index is 0.236. The van der Waals surface area contributed by atoms with Crippen LogP contribution in [0.1, 0.15) is 11.1 Å². The number of hydrogen-bond acceptors (Lipinski definition) is 4. The van der Waals surface area contributed by atoms with E-state index in [1.807, 2.05) is 19.1 Å². The van der Waals surface area contributed by atoms with Crippen molar-refractivity contribution in [1.82, 2.24) is 0 Å². The first kappa shape index (κ1) is 10.8. The van der Waals surface area contributed by atoms with Gasteiger partial charge < -0.3 is 20.9 Å². The van der Waals surface area contributed by atoms with Crippen molar-refractivity contribution in [3.63, 3.8) is 0 Å². The van der Waals surface area contributed by atoms with Crippen molar-refractivity contribution >= 4 is 5.91 Å². The lowest BCUT2D eigenvalue weighted by molar-refractivity contribution is -0.119. The third kappa shape index (κ3) is 1.94. The van der Waals surface area contributed by atoms with Crippen LogP contribution in [-0.4, -0.2) is 18.7 Å². The fourth-order valence-electron chi connectivity index (χ4n) is 1.64. The molecule has 0 aromatic heterocycles. The Morgan fingerprint density at radius 1 is 1.44 bits per heavy atom. The largest absolute Gasteiger partial charge is 0.454 e. The Morgan fingerprint density at radius 3 is 2.69 bits per heavy atom. The minimum Gasteiger partial charge on any atom is -0.454 e. The molecule has 0 saturated carbocycles. The number of benzene rings is 1. The summed E-state index contributed by atoms with van der Waals surface area (Å²) in [7, 11) is 0. The van der Waals surface area contributed by atoms with Crippen LogP contribution < -0.4 is 20.9 Å². The van der Waals surface area contributed by atoms with E-state index in [-0.39, 0.29) is 6.79 Å². The van der Waals surface area contributed by atoms with Crippen LogP contribution in [0.15, 0.2) is 12.1 Å². The predicted molar refractivity (Wildman–Crippen MR) is 58.2 cm³/mol. The number of aryl methyl sites for hydroxylation is 1. The number of hydrogen-bond donors (Lipinski definition) is 2. The molecule has 5 nitrogen and oxygen atoms in total. The van der Waals surface area contributed by atoms with E-state index in [0.717, 1.165) is 16.9 Å². The summed E-state index contributed by atoms with van der Waals surface area (Å²) in [5, 5.41) is 0. The van der Waals surface area contributed by atoms with E-state index in [1.54, 1.807) is 0 Å². The van der Waals surface area contributed by atoms with Crippen molar-refractivity contribution in [3.05, 3.63) is 23.3 Å². The summed E-state index contributed by atoms with van der Waals surface area (Å²) < 4.78 is 10.5. The summed E-state index contributed by atoms with van der Waals surface area (Å²) in [6, 6.07) is 3.06. The average Bonchev–Trinajstić information content (AvgIpc) is 2.65. The Balaban J connectivity index is 2.25. The number of primary amides is 1. The first-order chi connectivity index (χ1) is 7.58. The zero-order chi connectivity index (χ0) is 11.7. The third-order valence-electron chi connectivity index (χ3n) is 2.64. The summed E-state index contributed by atoms with van der Waals surface area (Å²) >= 11 is 0. The first-order valence-corrected chi connectivity index (χ1v) is 5.02. The van der Waals surface area contributed by atoms with E-state index in [2.05, 4.69) is 0 Å². The molecule has 1 atom stereocenters. The second-order valence-corrected chi connectivity index (χ2v) is 3.84. The highest BCUT2D eigenvalue weighted by Gasteiger charge is 2.18. The van der Waals surface area contributed by atoms with Crippen molar-refractivity contribution in [2.75, 3.05) is 6.79 Å². The van der Waals surface area contributed by atoms with Gasteiger partial charge >= 0.3 is 0 Å². The van der Waals surface area contributed by atoms with Gasteiger partial charge in [0.2, 0.25) is 12.7 Å². The Morgan fingerprint density at radius 2 is 2.06 bits per heavy atom. The lowest BCUT2D eigenvalue weighted by Crippen LogP contribution is -2.38. The van der Waals surface area contributed by atoms with Gasteiger partial charge in [0, 0.05) is 0 Å². The highest BCUT2D eigenvalue weighted by atomic mass is 16.7. The smallest absolute Gasteiger partial charge is 0.234 e. The Kier molecular flexibility index (Phi) is 2.70. The molecule has 1 amide bonds. The summed E-state index contributed by atoms with van der Waals surface area (Å²) in [5.74, 6) is 0.920. The van der Waals surface area contributed by atoms with Gasteiger partial charge in [-0.05, 0) is 36.6 Å². The zero-order valence-electron chi connectivity index (χ0n) is 9.03. The zero-order valence-corrected chi connectivity index (χ0v) is 9.03. The van der Waals surface area contributed by atoms with Crippen molar-refractivity contribution < 1.29 is 14.3 Å². The van der Waals surface area contributed by atoms with Crippen LogP contribution in [0.4, 0.5) is 0 Å². The summed E-state index contributed by atoms with van der Waals surface area (Å²) in [5.41, 5.74) is 12.7. The molecule has 1 aromatic rings. The van der Waals surface area contributed by atoms with Crippen LogP contribution in [-0.2, 0) is 11.2 Å². The molecule has 1 aliphatic heterocycles. The normalized spacial score (nSPS) is 14.9. The van der Waals surface area contributed by atoms with Gasteiger partial charge in [-0.1, -0.05) is 0 Å². The first-order valence-electron chi connectivity index (χ1n) is 5.02. The van der Waals surface area contributed by atoms with Crippen LogP contribution in [0.5, 0.6) is 11.5 Å². The lowest BCUT2D eigenvalue weighted by atomic mass is 10.0. The maximum atomic E-state index is 10.9. The quantitative estimate of drug-likeness (QED) is 0.758. The molecule has 1 unspecified atom stereocenters. The molecule has 4 N–H and O–H groups in total.